The molecule has 1 aliphatic carbocycles. The summed E-state index contributed by atoms with van der Waals surface area (Å²) in [5, 5.41) is 8.82. The summed E-state index contributed by atoms with van der Waals surface area (Å²) in [6.45, 7) is 10.2. The van der Waals surface area contributed by atoms with Gasteiger partial charge in [0.05, 0.1) is 0 Å². The molecule has 26 heavy (non-hydrogen) atoms. The minimum absolute atomic E-state index is 0.153. The lowest BCUT2D eigenvalue weighted by molar-refractivity contribution is -0.0906. The summed E-state index contributed by atoms with van der Waals surface area (Å²) in [7, 11) is 0. The van der Waals surface area contributed by atoms with E-state index in [9.17, 15) is 14.4 Å². The van der Waals surface area contributed by atoms with E-state index in [1.54, 1.807) is 41.5 Å². The number of ether oxygens (including phenoxy) is 5. The Balaban J connectivity index is 2.71. The first-order chi connectivity index (χ1) is 11.7. The van der Waals surface area contributed by atoms with E-state index in [1.165, 1.54) is 0 Å². The zero-order chi connectivity index (χ0) is 20.1. The van der Waals surface area contributed by atoms with Crippen LogP contribution >= 0.6 is 0 Å². The molecule has 0 aliphatic heterocycles. The van der Waals surface area contributed by atoms with E-state index in [0.717, 1.165) is 0 Å². The molecule has 0 bridgehead atoms. The van der Waals surface area contributed by atoms with Gasteiger partial charge in [-0.15, -0.1) is 0 Å². The fourth-order valence-electron chi connectivity index (χ4n) is 2.42. The van der Waals surface area contributed by atoms with E-state index in [1.807, 2.05) is 0 Å². The maximum Gasteiger partial charge on any atom is 0.509 e. The van der Waals surface area contributed by atoms with Gasteiger partial charge in [-0.2, -0.15) is 0 Å². The molecule has 0 aromatic heterocycles. The quantitative estimate of drug-likeness (QED) is 0.578. The fraction of sp³-hybridized carbons (Fsp3) is 0.824. The maximum atomic E-state index is 11.8. The SMILES string of the molecule is CC(C)(C)OC(=O)OC1CC(OC(=O)O)CC(OC(=O)OC(C)(C)C)C1. The van der Waals surface area contributed by atoms with Crippen LogP contribution in [0.25, 0.3) is 0 Å². The predicted octanol–water partition coefficient (Wildman–Crippen LogP) is 3.87. The molecule has 2 unspecified atom stereocenters. The van der Waals surface area contributed by atoms with Crippen LogP contribution < -0.4 is 0 Å². The third kappa shape index (κ3) is 9.33. The van der Waals surface area contributed by atoms with Crippen LogP contribution in [0.5, 0.6) is 0 Å². The highest BCUT2D eigenvalue weighted by Gasteiger charge is 2.37. The van der Waals surface area contributed by atoms with Gasteiger partial charge in [0.1, 0.15) is 29.5 Å². The Morgan fingerprint density at radius 2 is 1.00 bits per heavy atom. The number of carbonyl (C=O) groups is 3. The standard InChI is InChI=1S/C17H28O9/c1-16(2,3)25-14(20)23-11-7-10(22-13(18)19)8-12(9-11)24-15(21)26-17(4,5)6/h10-12H,7-9H2,1-6H3,(H,18,19). The van der Waals surface area contributed by atoms with Gasteiger partial charge >= 0.3 is 18.5 Å². The first-order valence-electron chi connectivity index (χ1n) is 8.42. The van der Waals surface area contributed by atoms with Gasteiger partial charge in [0.2, 0.25) is 0 Å². The van der Waals surface area contributed by atoms with Gasteiger partial charge in [-0.25, -0.2) is 14.4 Å². The van der Waals surface area contributed by atoms with Gasteiger partial charge < -0.3 is 28.8 Å². The number of carbonyl (C=O) groups excluding carboxylic acids is 2. The second kappa shape index (κ2) is 8.46. The second-order valence-corrected chi connectivity index (χ2v) is 8.12. The average molecular weight is 376 g/mol. The molecule has 1 fully saturated rings. The van der Waals surface area contributed by atoms with Crippen molar-refractivity contribution in [1.29, 1.82) is 0 Å². The van der Waals surface area contributed by atoms with Gasteiger partial charge in [0.15, 0.2) is 0 Å². The highest BCUT2D eigenvalue weighted by atomic mass is 16.7. The first-order valence-corrected chi connectivity index (χ1v) is 8.42. The van der Waals surface area contributed by atoms with Gasteiger partial charge in [0.25, 0.3) is 0 Å². The lowest BCUT2D eigenvalue weighted by Gasteiger charge is -2.33. The van der Waals surface area contributed by atoms with Crippen molar-refractivity contribution in [3.63, 3.8) is 0 Å². The maximum absolute atomic E-state index is 11.8. The van der Waals surface area contributed by atoms with Gasteiger partial charge in [0, 0.05) is 19.3 Å². The van der Waals surface area contributed by atoms with E-state index in [4.69, 9.17) is 28.8 Å². The molecule has 9 nitrogen and oxygen atoms in total. The summed E-state index contributed by atoms with van der Waals surface area (Å²) < 4.78 is 25.4. The Bertz CT molecular complexity index is 477. The molecule has 1 rings (SSSR count). The predicted molar refractivity (Wildman–Crippen MR) is 89.0 cm³/mol. The molecule has 0 radical (unpaired) electrons. The van der Waals surface area contributed by atoms with Crippen molar-refractivity contribution in [2.75, 3.05) is 0 Å². The molecule has 0 saturated heterocycles. The summed E-state index contributed by atoms with van der Waals surface area (Å²) in [6.07, 6.45) is -4.92. The zero-order valence-corrected chi connectivity index (χ0v) is 16.1. The third-order valence-electron chi connectivity index (χ3n) is 3.15. The molecule has 2 atom stereocenters. The van der Waals surface area contributed by atoms with E-state index < -0.39 is 48.0 Å². The van der Waals surface area contributed by atoms with Crippen LogP contribution in [0.15, 0.2) is 0 Å². The van der Waals surface area contributed by atoms with Gasteiger partial charge in [-0.05, 0) is 41.5 Å². The van der Waals surface area contributed by atoms with Gasteiger partial charge in [-0.3, -0.25) is 0 Å². The molecule has 9 heteroatoms. The van der Waals surface area contributed by atoms with E-state index >= 15 is 0 Å². The van der Waals surface area contributed by atoms with E-state index in [-0.39, 0.29) is 19.3 Å². The molecular weight excluding hydrogens is 348 g/mol. The number of hydrogen-bond donors (Lipinski definition) is 1. The van der Waals surface area contributed by atoms with E-state index in [2.05, 4.69) is 0 Å². The van der Waals surface area contributed by atoms with Crippen molar-refractivity contribution >= 4 is 18.5 Å². The molecular formula is C17H28O9. The van der Waals surface area contributed by atoms with Crippen molar-refractivity contribution in [3.05, 3.63) is 0 Å². The number of rotatable bonds is 3. The monoisotopic (exact) mass is 376 g/mol. The van der Waals surface area contributed by atoms with Crippen LogP contribution in [-0.4, -0.2) is 53.1 Å². The molecule has 0 aromatic rings. The Labute approximate surface area is 152 Å². The largest absolute Gasteiger partial charge is 0.509 e. The summed E-state index contributed by atoms with van der Waals surface area (Å²) in [5.41, 5.74) is -1.45. The highest BCUT2D eigenvalue weighted by molar-refractivity contribution is 5.61. The third-order valence-corrected chi connectivity index (χ3v) is 3.15. The number of hydrogen-bond acceptors (Lipinski definition) is 8. The van der Waals surface area contributed by atoms with Crippen LogP contribution in [-0.2, 0) is 23.7 Å². The Hall–Kier alpha value is -2.19. The molecule has 1 N–H and O–H groups in total. The Kier molecular flexibility index (Phi) is 7.11. The smallest absolute Gasteiger partial charge is 0.450 e. The number of carboxylic acid groups (broad SMARTS) is 1. The minimum atomic E-state index is -1.45. The van der Waals surface area contributed by atoms with Crippen LogP contribution in [0, 0.1) is 0 Å². The molecule has 0 amide bonds. The van der Waals surface area contributed by atoms with Crippen molar-refractivity contribution in [1.82, 2.24) is 0 Å². The lowest BCUT2D eigenvalue weighted by atomic mass is 9.92. The van der Waals surface area contributed by atoms with Crippen molar-refractivity contribution < 1.29 is 43.2 Å². The topological polar surface area (TPSA) is 118 Å². The highest BCUT2D eigenvalue weighted by Crippen LogP contribution is 2.28. The first kappa shape index (κ1) is 21.9. The molecule has 0 heterocycles. The van der Waals surface area contributed by atoms with Crippen molar-refractivity contribution in [2.24, 2.45) is 0 Å². The summed E-state index contributed by atoms with van der Waals surface area (Å²) in [6, 6.07) is 0. The Morgan fingerprint density at radius 1 is 0.692 bits per heavy atom. The van der Waals surface area contributed by atoms with Crippen LogP contribution in [0.1, 0.15) is 60.8 Å². The fourth-order valence-corrected chi connectivity index (χ4v) is 2.42. The van der Waals surface area contributed by atoms with E-state index in [0.29, 0.717) is 0 Å². The van der Waals surface area contributed by atoms with Crippen molar-refractivity contribution in [2.45, 2.75) is 90.3 Å². The second-order valence-electron chi connectivity index (χ2n) is 8.12. The van der Waals surface area contributed by atoms with Crippen LogP contribution in [0.3, 0.4) is 0 Å². The van der Waals surface area contributed by atoms with Crippen molar-refractivity contribution in [3.8, 4) is 0 Å². The van der Waals surface area contributed by atoms with Gasteiger partial charge in [-0.1, -0.05) is 0 Å². The molecule has 150 valence electrons. The zero-order valence-electron chi connectivity index (χ0n) is 16.1. The molecule has 0 aromatic carbocycles. The summed E-state index contributed by atoms with van der Waals surface area (Å²) >= 11 is 0. The summed E-state index contributed by atoms with van der Waals surface area (Å²) in [4.78, 5) is 34.5. The van der Waals surface area contributed by atoms with Crippen LogP contribution in [0.2, 0.25) is 0 Å². The molecule has 1 saturated carbocycles. The summed E-state index contributed by atoms with van der Waals surface area (Å²) in [5.74, 6) is 0. The Morgan fingerprint density at radius 3 is 1.27 bits per heavy atom. The minimum Gasteiger partial charge on any atom is -0.450 e. The molecule has 1 aliphatic rings. The van der Waals surface area contributed by atoms with Crippen LogP contribution in [0.4, 0.5) is 14.4 Å². The normalized spacial score (nSPS) is 23.5. The molecule has 0 spiro atoms. The lowest BCUT2D eigenvalue weighted by Crippen LogP contribution is -2.41. The average Bonchev–Trinajstić information content (AvgIpc) is 2.31.